The number of ether oxygens (including phenoxy) is 1. The molecule has 31 heavy (non-hydrogen) atoms. The van der Waals surface area contributed by atoms with Gasteiger partial charge in [0.25, 0.3) is 5.95 Å². The van der Waals surface area contributed by atoms with E-state index in [1.165, 1.54) is 19.2 Å². The number of carbonyl (C=O) groups is 1. The predicted molar refractivity (Wildman–Crippen MR) is 109 cm³/mol. The average Bonchev–Trinajstić information content (AvgIpc) is 2.75. The maximum atomic E-state index is 14.9. The number of likely N-dealkylation sites (tertiary alicyclic amines) is 1. The van der Waals surface area contributed by atoms with Crippen molar-refractivity contribution in [2.45, 2.75) is 37.4 Å². The van der Waals surface area contributed by atoms with Crippen LogP contribution in [0.1, 0.15) is 42.2 Å². The van der Waals surface area contributed by atoms with E-state index in [1.807, 2.05) is 4.90 Å². The maximum Gasteiger partial charge on any atom is 0.255 e. The fourth-order valence-electron chi connectivity index (χ4n) is 4.25. The third-order valence-corrected chi connectivity index (χ3v) is 6.13. The summed E-state index contributed by atoms with van der Waals surface area (Å²) in [5.41, 5.74) is 0.0243. The number of pyridine rings is 1. The number of halogens is 2. The van der Waals surface area contributed by atoms with Crippen molar-refractivity contribution >= 4 is 11.6 Å². The van der Waals surface area contributed by atoms with E-state index in [9.17, 15) is 23.8 Å². The highest BCUT2D eigenvalue weighted by atomic mass is 19.1. The third-order valence-electron chi connectivity index (χ3n) is 6.13. The van der Waals surface area contributed by atoms with Gasteiger partial charge in [-0.25, -0.2) is 9.37 Å². The number of hydrogen-bond acceptors (Lipinski definition) is 6. The molecule has 3 N–H and O–H groups in total. The summed E-state index contributed by atoms with van der Waals surface area (Å²) in [6.45, 7) is 1.07. The van der Waals surface area contributed by atoms with E-state index in [0.717, 1.165) is 0 Å². The Balaban J connectivity index is 1.41. The number of aliphatic hydroxyl groups excluding tert-OH is 1. The van der Waals surface area contributed by atoms with E-state index < -0.39 is 23.5 Å². The van der Waals surface area contributed by atoms with Crippen molar-refractivity contribution in [1.82, 2.24) is 9.88 Å². The van der Waals surface area contributed by atoms with Crippen LogP contribution in [0.5, 0.6) is 5.75 Å². The van der Waals surface area contributed by atoms with Gasteiger partial charge in [0.1, 0.15) is 11.4 Å². The normalized spacial score (nSPS) is 19.5. The van der Waals surface area contributed by atoms with Gasteiger partial charge in [-0.2, -0.15) is 4.39 Å². The lowest BCUT2D eigenvalue weighted by Crippen LogP contribution is -2.44. The minimum absolute atomic E-state index is 0.0135. The first-order valence-electron chi connectivity index (χ1n) is 10.3. The number of rotatable bonds is 5. The second-order valence-corrected chi connectivity index (χ2v) is 8.08. The Labute approximate surface area is 178 Å². The van der Waals surface area contributed by atoms with Crippen molar-refractivity contribution in [1.29, 1.82) is 0 Å². The molecule has 7 nitrogen and oxygen atoms in total. The van der Waals surface area contributed by atoms with Crippen molar-refractivity contribution in [3.8, 4) is 5.75 Å². The van der Waals surface area contributed by atoms with Crippen LogP contribution in [0.2, 0.25) is 0 Å². The Morgan fingerprint density at radius 3 is 2.65 bits per heavy atom. The summed E-state index contributed by atoms with van der Waals surface area (Å²) < 4.78 is 33.7. The van der Waals surface area contributed by atoms with Gasteiger partial charge >= 0.3 is 0 Å². The third kappa shape index (κ3) is 4.26. The number of carbonyl (C=O) groups excluding carboxylic acids is 1. The van der Waals surface area contributed by atoms with E-state index in [0.29, 0.717) is 43.6 Å². The highest BCUT2D eigenvalue weighted by Gasteiger charge is 2.36. The van der Waals surface area contributed by atoms with Gasteiger partial charge in [-0.3, -0.25) is 4.79 Å². The standard InChI is InChI=1S/C22H25F2N3O4/c1-31-17-5-6-18(26-21(17)24)22(30)8-10-27(11-9-22)12-16(28)14-2-4-15-13(20(14)23)3-7-19(29)25-15/h2,4-6,16,28,30H,3,7-12H2,1H3,(H,25,29). The molecule has 1 aromatic carbocycles. The molecule has 1 unspecified atom stereocenters. The average molecular weight is 433 g/mol. The molecule has 0 bridgehead atoms. The SMILES string of the molecule is COc1ccc(C2(O)CCN(CC(O)c3ccc4c(c3F)CCC(=O)N4)CC2)nc1F. The number of amides is 1. The quantitative estimate of drug-likeness (QED) is 0.627. The first kappa shape index (κ1) is 21.6. The number of benzene rings is 1. The summed E-state index contributed by atoms with van der Waals surface area (Å²) in [6, 6.07) is 6.10. The number of hydrogen-bond donors (Lipinski definition) is 3. The van der Waals surface area contributed by atoms with Crippen LogP contribution in [0.4, 0.5) is 14.5 Å². The minimum Gasteiger partial charge on any atom is -0.492 e. The first-order chi connectivity index (χ1) is 14.8. The van der Waals surface area contributed by atoms with Gasteiger partial charge in [0.2, 0.25) is 5.91 Å². The molecule has 2 aliphatic heterocycles. The van der Waals surface area contributed by atoms with Crippen LogP contribution in [0.15, 0.2) is 24.3 Å². The summed E-state index contributed by atoms with van der Waals surface area (Å²) in [6.07, 6.45) is 0.0730. The van der Waals surface area contributed by atoms with Gasteiger partial charge in [0.05, 0.1) is 18.9 Å². The van der Waals surface area contributed by atoms with Crippen LogP contribution in [0.3, 0.4) is 0 Å². The lowest BCUT2D eigenvalue weighted by atomic mass is 9.87. The zero-order chi connectivity index (χ0) is 22.2. The molecule has 0 radical (unpaired) electrons. The molecule has 3 heterocycles. The van der Waals surface area contributed by atoms with E-state index in [-0.39, 0.29) is 35.9 Å². The van der Waals surface area contributed by atoms with Gasteiger partial charge < -0.3 is 25.2 Å². The van der Waals surface area contributed by atoms with Crippen molar-refractivity contribution in [3.63, 3.8) is 0 Å². The number of nitrogens with one attached hydrogen (secondary N) is 1. The molecular weight excluding hydrogens is 408 g/mol. The number of nitrogens with zero attached hydrogens (tertiary/aromatic N) is 2. The number of piperidine rings is 1. The van der Waals surface area contributed by atoms with Crippen LogP contribution < -0.4 is 10.1 Å². The summed E-state index contributed by atoms with van der Waals surface area (Å²) in [5, 5.41) is 24.2. The number of β-amino-alcohol motifs (C(OH)–C–C–N with tert-alkyl or cyclic N) is 1. The molecule has 9 heteroatoms. The van der Waals surface area contributed by atoms with Crippen LogP contribution in [-0.2, 0) is 16.8 Å². The predicted octanol–water partition coefficient (Wildman–Crippen LogP) is 2.27. The van der Waals surface area contributed by atoms with E-state index in [1.54, 1.807) is 12.1 Å². The van der Waals surface area contributed by atoms with E-state index in [2.05, 4.69) is 10.3 Å². The van der Waals surface area contributed by atoms with Gasteiger partial charge in [0, 0.05) is 42.9 Å². The molecule has 2 aliphatic rings. The molecule has 2 aromatic rings. The number of fused-ring (bicyclic) bond motifs is 1. The molecular formula is C22H25F2N3O4. The highest BCUT2D eigenvalue weighted by Crippen LogP contribution is 2.35. The molecule has 1 aromatic heterocycles. The minimum atomic E-state index is -1.27. The molecule has 4 rings (SSSR count). The van der Waals surface area contributed by atoms with Gasteiger partial charge in [-0.05, 0) is 37.5 Å². The van der Waals surface area contributed by atoms with Gasteiger partial charge in [0.15, 0.2) is 5.75 Å². The molecule has 1 saturated heterocycles. The lowest BCUT2D eigenvalue weighted by molar-refractivity contribution is -0.116. The van der Waals surface area contributed by atoms with Gasteiger partial charge in [-0.15, -0.1) is 0 Å². The Morgan fingerprint density at radius 1 is 1.23 bits per heavy atom. The second-order valence-electron chi connectivity index (χ2n) is 8.08. The number of methoxy groups -OCH3 is 1. The summed E-state index contributed by atoms with van der Waals surface area (Å²) in [5.74, 6) is -1.39. The van der Waals surface area contributed by atoms with E-state index >= 15 is 0 Å². The number of anilines is 1. The van der Waals surface area contributed by atoms with Crippen LogP contribution in [0.25, 0.3) is 0 Å². The van der Waals surface area contributed by atoms with Crippen molar-refractivity contribution in [2.24, 2.45) is 0 Å². The zero-order valence-electron chi connectivity index (χ0n) is 17.2. The molecule has 1 fully saturated rings. The summed E-state index contributed by atoms with van der Waals surface area (Å²) in [4.78, 5) is 17.3. The Bertz CT molecular complexity index is 993. The number of aliphatic hydroxyl groups is 2. The smallest absolute Gasteiger partial charge is 0.255 e. The molecule has 166 valence electrons. The maximum absolute atomic E-state index is 14.9. The van der Waals surface area contributed by atoms with Crippen LogP contribution >= 0.6 is 0 Å². The first-order valence-corrected chi connectivity index (χ1v) is 10.3. The highest BCUT2D eigenvalue weighted by molar-refractivity contribution is 5.94. The van der Waals surface area contributed by atoms with Gasteiger partial charge in [-0.1, -0.05) is 6.07 Å². The van der Waals surface area contributed by atoms with Crippen LogP contribution in [-0.4, -0.2) is 52.7 Å². The molecule has 0 spiro atoms. The Kier molecular flexibility index (Phi) is 5.92. The zero-order valence-corrected chi connectivity index (χ0v) is 17.2. The second kappa shape index (κ2) is 8.49. The summed E-state index contributed by atoms with van der Waals surface area (Å²) >= 11 is 0. The van der Waals surface area contributed by atoms with Crippen molar-refractivity contribution < 1.29 is 28.5 Å². The molecule has 1 amide bonds. The van der Waals surface area contributed by atoms with Crippen molar-refractivity contribution in [2.75, 3.05) is 32.1 Å². The fourth-order valence-corrected chi connectivity index (χ4v) is 4.25. The monoisotopic (exact) mass is 433 g/mol. The van der Waals surface area contributed by atoms with Crippen LogP contribution in [0, 0.1) is 11.8 Å². The summed E-state index contributed by atoms with van der Waals surface area (Å²) in [7, 11) is 1.35. The lowest BCUT2D eigenvalue weighted by Gasteiger charge is -2.38. The fraction of sp³-hybridized carbons (Fsp3) is 0.455. The Morgan fingerprint density at radius 2 is 1.97 bits per heavy atom. The molecule has 0 saturated carbocycles. The number of aromatic nitrogens is 1. The van der Waals surface area contributed by atoms with E-state index in [4.69, 9.17) is 4.74 Å². The van der Waals surface area contributed by atoms with Crippen molar-refractivity contribution in [3.05, 3.63) is 52.9 Å². The largest absolute Gasteiger partial charge is 0.492 e. The molecule has 1 atom stereocenters. The Hall–Kier alpha value is -2.62. The molecule has 0 aliphatic carbocycles. The topological polar surface area (TPSA) is 94.9 Å².